The highest BCUT2D eigenvalue weighted by Gasteiger charge is 2.08. The lowest BCUT2D eigenvalue weighted by atomic mass is 10.0. The maximum Gasteiger partial charge on any atom is 0.240 e. The van der Waals surface area contributed by atoms with Crippen LogP contribution in [-0.4, -0.2) is 16.6 Å². The van der Waals surface area contributed by atoms with Crippen molar-refractivity contribution < 1.29 is 4.79 Å². The van der Waals surface area contributed by atoms with Crippen molar-refractivity contribution in [3.8, 4) is 0 Å². The van der Waals surface area contributed by atoms with E-state index in [1.54, 1.807) is 12.4 Å². The minimum Gasteiger partial charge on any atom is -0.273 e. The van der Waals surface area contributed by atoms with Crippen LogP contribution in [0.25, 0.3) is 0 Å². The molecule has 0 saturated carbocycles. The molecule has 1 heterocycles. The van der Waals surface area contributed by atoms with Gasteiger partial charge in [0.05, 0.1) is 5.71 Å². The number of nitrogens with zero attached hydrogens (tertiary/aromatic N) is 2. The second-order valence-corrected chi connectivity index (χ2v) is 5.59. The first-order valence-corrected chi connectivity index (χ1v) is 8.19. The van der Waals surface area contributed by atoms with Gasteiger partial charge in [-0.05, 0) is 18.1 Å². The maximum absolute atomic E-state index is 12.1. The van der Waals surface area contributed by atoms with Gasteiger partial charge in [0.25, 0.3) is 0 Å². The Kier molecular flexibility index (Phi) is 5.67. The van der Waals surface area contributed by atoms with E-state index < -0.39 is 0 Å². The molecule has 0 fully saturated rings. The van der Waals surface area contributed by atoms with Crippen LogP contribution in [0.3, 0.4) is 0 Å². The van der Waals surface area contributed by atoms with Crippen molar-refractivity contribution in [2.45, 2.75) is 12.8 Å². The van der Waals surface area contributed by atoms with E-state index in [0.717, 1.165) is 22.4 Å². The van der Waals surface area contributed by atoms with Crippen LogP contribution in [0.5, 0.6) is 0 Å². The predicted molar refractivity (Wildman–Crippen MR) is 99.2 cm³/mol. The number of carbonyl (C=O) groups is 1. The number of aryl methyl sites for hydroxylation is 1. The van der Waals surface area contributed by atoms with E-state index in [2.05, 4.69) is 15.5 Å². The van der Waals surface area contributed by atoms with Gasteiger partial charge >= 0.3 is 0 Å². The Hall–Kier alpha value is -3.27. The largest absolute Gasteiger partial charge is 0.273 e. The summed E-state index contributed by atoms with van der Waals surface area (Å²) in [6.07, 6.45) is 4.50. The number of aromatic nitrogens is 1. The van der Waals surface area contributed by atoms with Crippen molar-refractivity contribution >= 4 is 11.6 Å². The van der Waals surface area contributed by atoms with Crippen molar-refractivity contribution in [1.82, 2.24) is 10.4 Å². The van der Waals surface area contributed by atoms with E-state index in [1.165, 1.54) is 0 Å². The molecule has 0 unspecified atom stereocenters. The van der Waals surface area contributed by atoms with Gasteiger partial charge in [-0.1, -0.05) is 66.7 Å². The summed E-state index contributed by atoms with van der Waals surface area (Å²) < 4.78 is 0. The van der Waals surface area contributed by atoms with Gasteiger partial charge in [0.1, 0.15) is 0 Å². The summed E-state index contributed by atoms with van der Waals surface area (Å²) in [7, 11) is 0. The Morgan fingerprint density at radius 3 is 2.08 bits per heavy atom. The molecule has 1 aromatic heterocycles. The number of hydrogen-bond donors (Lipinski definition) is 1. The van der Waals surface area contributed by atoms with Gasteiger partial charge in [-0.15, -0.1) is 0 Å². The van der Waals surface area contributed by atoms with Crippen LogP contribution in [0.4, 0.5) is 0 Å². The summed E-state index contributed by atoms with van der Waals surface area (Å²) in [6.45, 7) is 0. The smallest absolute Gasteiger partial charge is 0.240 e. The number of benzene rings is 2. The van der Waals surface area contributed by atoms with Crippen LogP contribution in [-0.2, 0) is 11.2 Å². The van der Waals surface area contributed by atoms with Crippen molar-refractivity contribution in [2.75, 3.05) is 0 Å². The molecule has 124 valence electrons. The van der Waals surface area contributed by atoms with Crippen molar-refractivity contribution in [3.05, 3.63) is 102 Å². The Labute approximate surface area is 147 Å². The minimum absolute atomic E-state index is 0.117. The van der Waals surface area contributed by atoms with Crippen LogP contribution in [0.15, 0.2) is 90.3 Å². The Morgan fingerprint density at radius 2 is 1.52 bits per heavy atom. The van der Waals surface area contributed by atoms with E-state index in [9.17, 15) is 4.79 Å². The fourth-order valence-corrected chi connectivity index (χ4v) is 2.47. The maximum atomic E-state index is 12.1. The topological polar surface area (TPSA) is 54.4 Å². The van der Waals surface area contributed by atoms with E-state index in [1.807, 2.05) is 72.8 Å². The molecule has 4 nitrogen and oxygen atoms in total. The van der Waals surface area contributed by atoms with E-state index >= 15 is 0 Å². The molecule has 0 atom stereocenters. The number of hydrogen-bond acceptors (Lipinski definition) is 3. The van der Waals surface area contributed by atoms with Crippen LogP contribution in [0.1, 0.15) is 23.1 Å². The highest BCUT2D eigenvalue weighted by molar-refractivity contribution is 6.13. The Bertz CT molecular complexity index is 789. The van der Waals surface area contributed by atoms with Crippen LogP contribution in [0, 0.1) is 0 Å². The highest BCUT2D eigenvalue weighted by atomic mass is 16.2. The fraction of sp³-hybridized carbons (Fsp3) is 0.0952. The van der Waals surface area contributed by atoms with Crippen molar-refractivity contribution in [2.24, 2.45) is 5.10 Å². The van der Waals surface area contributed by atoms with Gasteiger partial charge < -0.3 is 0 Å². The third kappa shape index (κ3) is 4.85. The molecule has 3 aromatic rings. The summed E-state index contributed by atoms with van der Waals surface area (Å²) in [5, 5.41) is 4.38. The number of pyridine rings is 1. The second kappa shape index (κ2) is 8.55. The van der Waals surface area contributed by atoms with Gasteiger partial charge in [-0.25, -0.2) is 5.43 Å². The molecule has 0 aliphatic heterocycles. The molecule has 3 rings (SSSR count). The van der Waals surface area contributed by atoms with Crippen molar-refractivity contribution in [3.63, 3.8) is 0 Å². The molecule has 4 heteroatoms. The van der Waals surface area contributed by atoms with Crippen LogP contribution >= 0.6 is 0 Å². The standard InChI is InChI=1S/C21H19N3O/c25-20(14-13-17-8-7-15-22-16-17)23-24-21(18-9-3-1-4-10-18)19-11-5-2-6-12-19/h1-12,15-16H,13-14H2,(H,23,25). The quantitative estimate of drug-likeness (QED) is 0.555. The lowest BCUT2D eigenvalue weighted by molar-refractivity contribution is -0.121. The molecule has 1 N–H and O–H groups in total. The zero-order chi connectivity index (χ0) is 17.3. The summed E-state index contributed by atoms with van der Waals surface area (Å²) in [5.74, 6) is -0.117. The molecular weight excluding hydrogens is 310 g/mol. The van der Waals surface area contributed by atoms with E-state index in [4.69, 9.17) is 0 Å². The van der Waals surface area contributed by atoms with Crippen molar-refractivity contribution in [1.29, 1.82) is 0 Å². The first-order valence-electron chi connectivity index (χ1n) is 8.19. The molecule has 0 bridgehead atoms. The fourth-order valence-electron chi connectivity index (χ4n) is 2.47. The molecule has 25 heavy (non-hydrogen) atoms. The predicted octanol–water partition coefficient (Wildman–Crippen LogP) is 3.58. The first kappa shape index (κ1) is 16.6. The van der Waals surface area contributed by atoms with Crippen LogP contribution < -0.4 is 5.43 Å². The lowest BCUT2D eigenvalue weighted by Gasteiger charge is -2.08. The van der Waals surface area contributed by atoms with Gasteiger partial charge in [-0.3, -0.25) is 9.78 Å². The van der Waals surface area contributed by atoms with Crippen LogP contribution in [0.2, 0.25) is 0 Å². The number of carbonyl (C=O) groups excluding carboxylic acids is 1. The third-order valence-electron chi connectivity index (χ3n) is 3.75. The van der Waals surface area contributed by atoms with Gasteiger partial charge in [0, 0.05) is 29.9 Å². The van der Waals surface area contributed by atoms with Gasteiger partial charge in [-0.2, -0.15) is 5.10 Å². The molecule has 1 amide bonds. The van der Waals surface area contributed by atoms with E-state index in [-0.39, 0.29) is 5.91 Å². The number of nitrogens with one attached hydrogen (secondary N) is 1. The average molecular weight is 329 g/mol. The number of hydrazone groups is 1. The van der Waals surface area contributed by atoms with Gasteiger partial charge in [0.15, 0.2) is 0 Å². The number of rotatable bonds is 6. The molecule has 2 aromatic carbocycles. The Balaban J connectivity index is 1.72. The molecular formula is C21H19N3O. The normalized spacial score (nSPS) is 10.1. The lowest BCUT2D eigenvalue weighted by Crippen LogP contribution is -2.21. The molecule has 0 aliphatic carbocycles. The summed E-state index contributed by atoms with van der Waals surface area (Å²) in [5.41, 5.74) is 6.38. The molecule has 0 radical (unpaired) electrons. The molecule has 0 aliphatic rings. The average Bonchev–Trinajstić information content (AvgIpc) is 2.69. The summed E-state index contributed by atoms with van der Waals surface area (Å²) in [6, 6.07) is 23.5. The van der Waals surface area contributed by atoms with E-state index in [0.29, 0.717) is 12.8 Å². The molecule has 0 saturated heterocycles. The Morgan fingerprint density at radius 1 is 0.880 bits per heavy atom. The van der Waals surface area contributed by atoms with Gasteiger partial charge in [0.2, 0.25) is 5.91 Å². The third-order valence-corrected chi connectivity index (χ3v) is 3.75. The molecule has 0 spiro atoms. The summed E-state index contributed by atoms with van der Waals surface area (Å²) in [4.78, 5) is 16.2. The zero-order valence-corrected chi connectivity index (χ0v) is 13.8. The highest BCUT2D eigenvalue weighted by Crippen LogP contribution is 2.10. The second-order valence-electron chi connectivity index (χ2n) is 5.59. The zero-order valence-electron chi connectivity index (χ0n) is 13.8. The first-order chi connectivity index (χ1) is 12.3. The SMILES string of the molecule is O=C(CCc1cccnc1)NN=C(c1ccccc1)c1ccccc1. The summed E-state index contributed by atoms with van der Waals surface area (Å²) >= 11 is 0. The monoisotopic (exact) mass is 329 g/mol. The number of amides is 1. The minimum atomic E-state index is -0.117.